The van der Waals surface area contributed by atoms with Crippen LogP contribution < -0.4 is 14.8 Å². The van der Waals surface area contributed by atoms with E-state index in [1.54, 1.807) is 28.6 Å². The molecule has 1 saturated heterocycles. The Morgan fingerprint density at radius 3 is 2.30 bits per heavy atom. The number of carbonyl (C=O) groups is 1. The van der Waals surface area contributed by atoms with E-state index < -0.39 is 16.1 Å². The number of hydrogen-bond donors (Lipinski definition) is 1. The van der Waals surface area contributed by atoms with Crippen molar-refractivity contribution in [2.24, 2.45) is 11.8 Å². The number of benzene rings is 2. The molecule has 2 aliphatic rings. The molecule has 1 N–H and O–H groups in total. The third kappa shape index (κ3) is 4.29. The Morgan fingerprint density at radius 2 is 1.63 bits per heavy atom. The third-order valence-corrected chi connectivity index (χ3v) is 7.24. The van der Waals surface area contributed by atoms with Crippen LogP contribution in [0.15, 0.2) is 53.4 Å². The summed E-state index contributed by atoms with van der Waals surface area (Å²) < 4.78 is 38.8. The Hall–Kier alpha value is -2.58. The predicted molar refractivity (Wildman–Crippen MR) is 113 cm³/mol. The van der Waals surface area contributed by atoms with Crippen LogP contribution in [0.3, 0.4) is 0 Å². The van der Waals surface area contributed by atoms with Gasteiger partial charge in [-0.1, -0.05) is 26.0 Å². The average Bonchev–Trinajstić information content (AvgIpc) is 2.73. The van der Waals surface area contributed by atoms with Gasteiger partial charge in [-0.3, -0.25) is 4.79 Å². The molecule has 0 aromatic heterocycles. The van der Waals surface area contributed by atoms with Crippen molar-refractivity contribution in [2.45, 2.75) is 31.3 Å². The molecule has 1 fully saturated rings. The van der Waals surface area contributed by atoms with Crippen molar-refractivity contribution in [2.75, 3.05) is 25.0 Å². The summed E-state index contributed by atoms with van der Waals surface area (Å²) in [6.45, 7) is 5.33. The van der Waals surface area contributed by atoms with Crippen LogP contribution in [0, 0.1) is 11.8 Å². The molecule has 0 radical (unpaired) electrons. The quantitative estimate of drug-likeness (QED) is 0.806. The lowest BCUT2D eigenvalue weighted by Crippen LogP contribution is -2.42. The number of carbonyl (C=O) groups excluding carboxylic acids is 1. The summed E-state index contributed by atoms with van der Waals surface area (Å²) in [4.78, 5) is 12.8. The average molecular weight is 431 g/mol. The first-order valence-corrected chi connectivity index (χ1v) is 11.6. The summed E-state index contributed by atoms with van der Waals surface area (Å²) >= 11 is 0. The van der Waals surface area contributed by atoms with E-state index >= 15 is 0 Å². The second kappa shape index (κ2) is 8.28. The smallest absolute Gasteiger partial charge is 0.269 e. The number of amides is 1. The highest BCUT2D eigenvalue weighted by molar-refractivity contribution is 7.89. The Bertz CT molecular complexity index is 1010. The summed E-state index contributed by atoms with van der Waals surface area (Å²) in [5.74, 6) is 1.46. The molecule has 2 aromatic rings. The molecule has 8 heteroatoms. The zero-order chi connectivity index (χ0) is 21.3. The standard InChI is InChI=1S/C22H26N2O5S/c1-15-11-16(2)13-24(12-15)30(26,27)18-9-7-17(8-10-18)23-22(25)21-14-28-19-5-3-4-6-20(19)29-21/h3-10,15-16,21H,11-14H2,1-2H3,(H,23,25)/t15-,16+,21-/m0/s1. The van der Waals surface area contributed by atoms with Gasteiger partial charge < -0.3 is 14.8 Å². The van der Waals surface area contributed by atoms with Gasteiger partial charge in [0.05, 0.1) is 4.90 Å². The summed E-state index contributed by atoms with van der Waals surface area (Å²) in [6.07, 6.45) is 0.258. The van der Waals surface area contributed by atoms with Crippen LogP contribution in [0.5, 0.6) is 11.5 Å². The maximum absolute atomic E-state index is 13.0. The molecule has 1 amide bonds. The number of ether oxygens (including phenoxy) is 2. The largest absolute Gasteiger partial charge is 0.485 e. The fourth-order valence-electron chi connectivity index (χ4n) is 4.03. The number of fused-ring (bicyclic) bond motifs is 1. The molecule has 2 heterocycles. The van der Waals surface area contributed by atoms with Crippen LogP contribution in [0.25, 0.3) is 0 Å². The Kier molecular flexibility index (Phi) is 5.71. The highest BCUT2D eigenvalue weighted by Gasteiger charge is 2.32. The maximum Gasteiger partial charge on any atom is 0.269 e. The van der Waals surface area contributed by atoms with Gasteiger partial charge in [0.25, 0.3) is 5.91 Å². The maximum atomic E-state index is 13.0. The zero-order valence-electron chi connectivity index (χ0n) is 17.1. The predicted octanol–water partition coefficient (Wildman–Crippen LogP) is 3.13. The number of nitrogens with zero attached hydrogens (tertiary/aromatic N) is 1. The van der Waals surface area contributed by atoms with Crippen molar-refractivity contribution < 1.29 is 22.7 Å². The summed E-state index contributed by atoms with van der Waals surface area (Å²) in [5.41, 5.74) is 0.502. The lowest BCUT2D eigenvalue weighted by atomic mass is 9.94. The van der Waals surface area contributed by atoms with Crippen LogP contribution in [-0.2, 0) is 14.8 Å². The van der Waals surface area contributed by atoms with Gasteiger partial charge in [-0.2, -0.15) is 4.31 Å². The van der Waals surface area contributed by atoms with Gasteiger partial charge in [0.2, 0.25) is 16.1 Å². The van der Waals surface area contributed by atoms with Crippen LogP contribution in [0.2, 0.25) is 0 Å². The molecular formula is C22H26N2O5S. The number of nitrogens with one attached hydrogen (secondary N) is 1. The Labute approximate surface area is 177 Å². The summed E-state index contributed by atoms with van der Waals surface area (Å²) in [5, 5.41) is 2.76. The summed E-state index contributed by atoms with van der Waals surface area (Å²) in [6, 6.07) is 13.4. The van der Waals surface area contributed by atoms with Crippen molar-refractivity contribution in [3.8, 4) is 11.5 Å². The molecule has 0 saturated carbocycles. The lowest BCUT2D eigenvalue weighted by molar-refractivity contribution is -0.125. The van der Waals surface area contributed by atoms with Crippen LogP contribution in [0.1, 0.15) is 20.3 Å². The minimum atomic E-state index is -3.55. The molecule has 3 atom stereocenters. The zero-order valence-corrected chi connectivity index (χ0v) is 17.9. The molecule has 160 valence electrons. The number of hydrogen-bond acceptors (Lipinski definition) is 5. The van der Waals surface area contributed by atoms with Gasteiger partial charge in [-0.25, -0.2) is 8.42 Å². The van der Waals surface area contributed by atoms with Crippen LogP contribution >= 0.6 is 0 Å². The normalized spacial score (nSPS) is 24.3. The molecule has 30 heavy (non-hydrogen) atoms. The number of para-hydroxylation sites is 2. The van der Waals surface area contributed by atoms with E-state index in [4.69, 9.17) is 9.47 Å². The number of anilines is 1. The summed E-state index contributed by atoms with van der Waals surface area (Å²) in [7, 11) is -3.55. The molecule has 7 nitrogen and oxygen atoms in total. The molecule has 2 aromatic carbocycles. The third-order valence-electron chi connectivity index (χ3n) is 5.40. The monoisotopic (exact) mass is 430 g/mol. The SMILES string of the molecule is C[C@@H]1C[C@H](C)CN(S(=O)(=O)c2ccc(NC(=O)[C@@H]3COc4ccccc4O3)cc2)C1. The molecular weight excluding hydrogens is 404 g/mol. The van der Waals surface area contributed by atoms with E-state index in [0.29, 0.717) is 42.1 Å². The first kappa shape index (κ1) is 20.7. The van der Waals surface area contributed by atoms with E-state index in [1.165, 1.54) is 12.1 Å². The molecule has 0 unspecified atom stereocenters. The van der Waals surface area contributed by atoms with Crippen LogP contribution in [0.4, 0.5) is 5.69 Å². The van der Waals surface area contributed by atoms with Crippen molar-refractivity contribution in [3.05, 3.63) is 48.5 Å². The Morgan fingerprint density at radius 1 is 1.00 bits per heavy atom. The highest BCUT2D eigenvalue weighted by atomic mass is 32.2. The van der Waals surface area contributed by atoms with Crippen molar-refractivity contribution in [3.63, 3.8) is 0 Å². The fraction of sp³-hybridized carbons (Fsp3) is 0.409. The first-order valence-electron chi connectivity index (χ1n) is 10.1. The Balaban J connectivity index is 1.42. The first-order chi connectivity index (χ1) is 14.3. The van der Waals surface area contributed by atoms with Crippen LogP contribution in [-0.4, -0.2) is 44.4 Å². The van der Waals surface area contributed by atoms with E-state index in [2.05, 4.69) is 19.2 Å². The minimum absolute atomic E-state index is 0.112. The fourth-order valence-corrected chi connectivity index (χ4v) is 5.71. The molecule has 0 spiro atoms. The number of sulfonamides is 1. The lowest BCUT2D eigenvalue weighted by Gasteiger charge is -2.34. The van der Waals surface area contributed by atoms with Crippen molar-refractivity contribution in [1.29, 1.82) is 0 Å². The minimum Gasteiger partial charge on any atom is -0.485 e. The van der Waals surface area contributed by atoms with E-state index in [9.17, 15) is 13.2 Å². The number of piperidine rings is 1. The molecule has 4 rings (SSSR count). The highest BCUT2D eigenvalue weighted by Crippen LogP contribution is 2.31. The van der Waals surface area contributed by atoms with E-state index in [-0.39, 0.29) is 17.4 Å². The van der Waals surface area contributed by atoms with Crippen molar-refractivity contribution >= 4 is 21.6 Å². The molecule has 0 aliphatic carbocycles. The van der Waals surface area contributed by atoms with E-state index in [0.717, 1.165) is 6.42 Å². The van der Waals surface area contributed by atoms with Gasteiger partial charge in [-0.05, 0) is 54.7 Å². The van der Waals surface area contributed by atoms with Gasteiger partial charge >= 0.3 is 0 Å². The van der Waals surface area contributed by atoms with E-state index in [1.807, 2.05) is 12.1 Å². The van der Waals surface area contributed by atoms with Gasteiger partial charge in [0.1, 0.15) is 6.61 Å². The van der Waals surface area contributed by atoms with Gasteiger partial charge in [-0.15, -0.1) is 0 Å². The van der Waals surface area contributed by atoms with Gasteiger partial charge in [0.15, 0.2) is 11.5 Å². The van der Waals surface area contributed by atoms with Crippen molar-refractivity contribution in [1.82, 2.24) is 4.31 Å². The second-order valence-corrected chi connectivity index (χ2v) is 10.1. The molecule has 0 bridgehead atoms. The molecule has 2 aliphatic heterocycles. The van der Waals surface area contributed by atoms with Gasteiger partial charge in [0, 0.05) is 18.8 Å². The number of rotatable bonds is 4. The topological polar surface area (TPSA) is 84.9 Å². The second-order valence-electron chi connectivity index (χ2n) is 8.15.